The van der Waals surface area contributed by atoms with Crippen LogP contribution in [0.15, 0.2) is 48.5 Å². The number of esters is 1. The molecule has 4 heteroatoms. The normalized spacial score (nSPS) is 9.90. The fourth-order valence-electron chi connectivity index (χ4n) is 1.97. The van der Waals surface area contributed by atoms with Crippen molar-refractivity contribution in [1.82, 2.24) is 0 Å². The Balaban J connectivity index is 2.58. The zero-order valence-corrected chi connectivity index (χ0v) is 11.3. The van der Waals surface area contributed by atoms with Crippen LogP contribution in [0.3, 0.4) is 0 Å². The van der Waals surface area contributed by atoms with Gasteiger partial charge in [-0.2, -0.15) is 0 Å². The molecular weight excluding hydrogens is 254 g/mol. The van der Waals surface area contributed by atoms with E-state index in [0.29, 0.717) is 17.0 Å². The Kier molecular flexibility index (Phi) is 4.15. The minimum Gasteiger partial charge on any atom is -0.426 e. The number of hydrogen-bond acceptors (Lipinski definition) is 3. The van der Waals surface area contributed by atoms with Crippen molar-refractivity contribution in [2.75, 3.05) is 5.32 Å². The van der Waals surface area contributed by atoms with Crippen molar-refractivity contribution >= 4 is 17.6 Å². The molecule has 0 atom stereocenters. The minimum absolute atomic E-state index is 0.179. The second-order valence-electron chi connectivity index (χ2n) is 4.32. The predicted molar refractivity (Wildman–Crippen MR) is 77.5 cm³/mol. The summed E-state index contributed by atoms with van der Waals surface area (Å²) in [5.74, 6) is -0.153. The van der Waals surface area contributed by atoms with E-state index in [1.807, 2.05) is 30.3 Å². The molecule has 0 fully saturated rings. The van der Waals surface area contributed by atoms with E-state index in [-0.39, 0.29) is 5.91 Å². The van der Waals surface area contributed by atoms with Crippen molar-refractivity contribution in [3.8, 4) is 16.9 Å². The number of carbonyl (C=O) groups is 2. The summed E-state index contributed by atoms with van der Waals surface area (Å²) in [6.45, 7) is 2.78. The zero-order valence-electron chi connectivity index (χ0n) is 11.3. The highest BCUT2D eigenvalue weighted by molar-refractivity contribution is 5.96. The molecule has 1 amide bonds. The van der Waals surface area contributed by atoms with E-state index in [1.54, 1.807) is 18.2 Å². The van der Waals surface area contributed by atoms with Gasteiger partial charge in [0.25, 0.3) is 0 Å². The monoisotopic (exact) mass is 269 g/mol. The molecule has 0 unspecified atom stereocenters. The average Bonchev–Trinajstić information content (AvgIpc) is 2.38. The van der Waals surface area contributed by atoms with E-state index < -0.39 is 5.97 Å². The van der Waals surface area contributed by atoms with Gasteiger partial charge in [-0.25, -0.2) is 0 Å². The SMILES string of the molecule is CC(=O)Nc1cccc(OC(C)=O)c1-c1ccccc1. The fourth-order valence-corrected chi connectivity index (χ4v) is 1.97. The van der Waals surface area contributed by atoms with Gasteiger partial charge >= 0.3 is 5.97 Å². The Bertz CT molecular complexity index is 601. The van der Waals surface area contributed by atoms with Gasteiger partial charge in [0.1, 0.15) is 5.75 Å². The van der Waals surface area contributed by atoms with Crippen LogP contribution >= 0.6 is 0 Å². The van der Waals surface area contributed by atoms with Crippen molar-refractivity contribution in [2.45, 2.75) is 13.8 Å². The summed E-state index contributed by atoms with van der Waals surface area (Å²) in [6, 6.07) is 14.7. The number of benzene rings is 2. The standard InChI is InChI=1S/C16H15NO3/c1-11(18)17-14-9-6-10-15(20-12(2)19)16(14)13-7-4-3-5-8-13/h3-10H,1-2H3,(H,17,18). The van der Waals surface area contributed by atoms with E-state index in [4.69, 9.17) is 4.74 Å². The number of hydrogen-bond donors (Lipinski definition) is 1. The van der Waals surface area contributed by atoms with Crippen molar-refractivity contribution in [3.05, 3.63) is 48.5 Å². The first-order chi connectivity index (χ1) is 9.58. The number of nitrogens with one attached hydrogen (secondary N) is 1. The van der Waals surface area contributed by atoms with Gasteiger partial charge in [0.05, 0.1) is 5.69 Å². The molecule has 2 rings (SSSR count). The molecule has 0 bridgehead atoms. The molecule has 0 aromatic heterocycles. The molecule has 0 spiro atoms. The summed E-state index contributed by atoms with van der Waals surface area (Å²) < 4.78 is 5.23. The van der Waals surface area contributed by atoms with Crippen LogP contribution in [0.5, 0.6) is 5.75 Å². The van der Waals surface area contributed by atoms with E-state index in [9.17, 15) is 9.59 Å². The summed E-state index contributed by atoms with van der Waals surface area (Å²) in [7, 11) is 0. The number of anilines is 1. The third-order valence-corrected chi connectivity index (χ3v) is 2.65. The highest BCUT2D eigenvalue weighted by Crippen LogP contribution is 2.36. The maximum absolute atomic E-state index is 11.3. The van der Waals surface area contributed by atoms with Crippen LogP contribution in [0.25, 0.3) is 11.1 Å². The zero-order chi connectivity index (χ0) is 14.5. The molecule has 0 saturated carbocycles. The lowest BCUT2D eigenvalue weighted by Crippen LogP contribution is -2.09. The van der Waals surface area contributed by atoms with Gasteiger partial charge < -0.3 is 10.1 Å². The molecule has 20 heavy (non-hydrogen) atoms. The van der Waals surface area contributed by atoms with Crippen LogP contribution in [0.2, 0.25) is 0 Å². The largest absolute Gasteiger partial charge is 0.426 e. The van der Waals surface area contributed by atoms with Crippen molar-refractivity contribution in [2.24, 2.45) is 0 Å². The molecule has 0 aliphatic rings. The fraction of sp³-hybridized carbons (Fsp3) is 0.125. The molecular formula is C16H15NO3. The first-order valence-electron chi connectivity index (χ1n) is 6.22. The average molecular weight is 269 g/mol. The Morgan fingerprint density at radius 2 is 1.65 bits per heavy atom. The Labute approximate surface area is 117 Å². The lowest BCUT2D eigenvalue weighted by molar-refractivity contribution is -0.131. The molecule has 0 aliphatic carbocycles. The summed E-state index contributed by atoms with van der Waals surface area (Å²) in [6.07, 6.45) is 0. The molecule has 0 saturated heterocycles. The van der Waals surface area contributed by atoms with E-state index >= 15 is 0 Å². The third-order valence-electron chi connectivity index (χ3n) is 2.65. The number of rotatable bonds is 3. The topological polar surface area (TPSA) is 55.4 Å². The van der Waals surface area contributed by atoms with Gasteiger partial charge in [-0.1, -0.05) is 36.4 Å². The second kappa shape index (κ2) is 6.02. The van der Waals surface area contributed by atoms with Crippen LogP contribution in [-0.4, -0.2) is 11.9 Å². The van der Waals surface area contributed by atoms with Gasteiger partial charge in [0.15, 0.2) is 0 Å². The number of carbonyl (C=O) groups excluding carboxylic acids is 2. The first kappa shape index (κ1) is 13.8. The van der Waals surface area contributed by atoms with E-state index in [2.05, 4.69) is 5.32 Å². The van der Waals surface area contributed by atoms with Crippen LogP contribution < -0.4 is 10.1 Å². The van der Waals surface area contributed by atoms with Gasteiger partial charge in [0, 0.05) is 19.4 Å². The van der Waals surface area contributed by atoms with Crippen LogP contribution in [-0.2, 0) is 9.59 Å². The molecule has 0 radical (unpaired) electrons. The van der Waals surface area contributed by atoms with Crippen molar-refractivity contribution in [3.63, 3.8) is 0 Å². The van der Waals surface area contributed by atoms with Crippen molar-refractivity contribution in [1.29, 1.82) is 0 Å². The summed E-state index contributed by atoms with van der Waals surface area (Å²) in [5, 5.41) is 2.76. The van der Waals surface area contributed by atoms with Crippen LogP contribution in [0.1, 0.15) is 13.8 Å². The molecule has 2 aromatic carbocycles. The Morgan fingerprint density at radius 1 is 0.950 bits per heavy atom. The van der Waals surface area contributed by atoms with Crippen molar-refractivity contribution < 1.29 is 14.3 Å². The van der Waals surface area contributed by atoms with Gasteiger partial charge in [-0.05, 0) is 17.7 Å². The van der Waals surface area contributed by atoms with Crippen LogP contribution in [0.4, 0.5) is 5.69 Å². The molecule has 2 aromatic rings. The van der Waals surface area contributed by atoms with Gasteiger partial charge in [-0.15, -0.1) is 0 Å². The smallest absolute Gasteiger partial charge is 0.308 e. The molecule has 102 valence electrons. The summed E-state index contributed by atoms with van der Waals surface area (Å²) in [5.41, 5.74) is 2.18. The maximum Gasteiger partial charge on any atom is 0.308 e. The second-order valence-corrected chi connectivity index (χ2v) is 4.32. The Morgan fingerprint density at radius 3 is 2.25 bits per heavy atom. The lowest BCUT2D eigenvalue weighted by Gasteiger charge is -2.14. The summed E-state index contributed by atoms with van der Waals surface area (Å²) >= 11 is 0. The molecule has 1 N–H and O–H groups in total. The van der Waals surface area contributed by atoms with Gasteiger partial charge in [-0.3, -0.25) is 9.59 Å². The molecule has 4 nitrogen and oxygen atoms in total. The molecule has 0 heterocycles. The van der Waals surface area contributed by atoms with E-state index in [1.165, 1.54) is 13.8 Å². The maximum atomic E-state index is 11.3. The van der Waals surface area contributed by atoms with Gasteiger partial charge in [0.2, 0.25) is 5.91 Å². The quantitative estimate of drug-likeness (QED) is 0.687. The number of amides is 1. The highest BCUT2D eigenvalue weighted by Gasteiger charge is 2.14. The van der Waals surface area contributed by atoms with E-state index in [0.717, 1.165) is 5.56 Å². The third kappa shape index (κ3) is 3.23. The summed E-state index contributed by atoms with van der Waals surface area (Å²) in [4.78, 5) is 22.5. The lowest BCUT2D eigenvalue weighted by atomic mass is 10.0. The number of ether oxygens (including phenoxy) is 1. The Hall–Kier alpha value is -2.62. The predicted octanol–water partition coefficient (Wildman–Crippen LogP) is 3.24. The first-order valence-corrected chi connectivity index (χ1v) is 6.22. The minimum atomic E-state index is -0.401. The van der Waals surface area contributed by atoms with Crippen LogP contribution in [0, 0.1) is 0 Å². The molecule has 0 aliphatic heterocycles. The highest BCUT2D eigenvalue weighted by atomic mass is 16.5.